The molecule has 0 aromatic rings. The van der Waals surface area contributed by atoms with E-state index in [1.807, 2.05) is 6.92 Å². The van der Waals surface area contributed by atoms with Crippen molar-refractivity contribution in [3.05, 3.63) is 0 Å². The molecule has 58 valence electrons. The van der Waals surface area contributed by atoms with Crippen LogP contribution in [-0.4, -0.2) is 25.7 Å². The summed E-state index contributed by atoms with van der Waals surface area (Å²) < 4.78 is 4.85. The summed E-state index contributed by atoms with van der Waals surface area (Å²) in [6, 6.07) is 0. The van der Waals surface area contributed by atoms with E-state index in [1.54, 1.807) is 0 Å². The molecule has 1 aliphatic rings. The zero-order valence-corrected chi connectivity index (χ0v) is 6.22. The van der Waals surface area contributed by atoms with E-state index in [2.05, 4.69) is 5.32 Å². The van der Waals surface area contributed by atoms with Gasteiger partial charge in [0.25, 0.3) is 0 Å². The quantitative estimate of drug-likeness (QED) is 0.559. The van der Waals surface area contributed by atoms with Gasteiger partial charge in [0.15, 0.2) is 0 Å². The van der Waals surface area contributed by atoms with Crippen molar-refractivity contribution in [2.45, 2.75) is 13.3 Å². The van der Waals surface area contributed by atoms with E-state index in [9.17, 15) is 4.79 Å². The molecule has 0 radical (unpaired) electrons. The molecular formula is C7H13NO2. The normalized spacial score (nSPS) is 24.7. The van der Waals surface area contributed by atoms with E-state index in [4.69, 9.17) is 4.74 Å². The van der Waals surface area contributed by atoms with Crippen molar-refractivity contribution in [1.29, 1.82) is 0 Å². The van der Waals surface area contributed by atoms with Gasteiger partial charge in [-0.1, -0.05) is 0 Å². The first kappa shape index (κ1) is 7.54. The van der Waals surface area contributed by atoms with Gasteiger partial charge in [0.2, 0.25) is 0 Å². The highest BCUT2D eigenvalue weighted by molar-refractivity contribution is 5.73. The molecule has 3 nitrogen and oxygen atoms in total. The second kappa shape index (κ2) is 3.56. The van der Waals surface area contributed by atoms with Gasteiger partial charge < -0.3 is 10.1 Å². The largest absolute Gasteiger partial charge is 0.466 e. The van der Waals surface area contributed by atoms with Crippen LogP contribution < -0.4 is 5.32 Å². The fourth-order valence-electron chi connectivity index (χ4n) is 1.12. The van der Waals surface area contributed by atoms with Crippen LogP contribution in [0.1, 0.15) is 13.3 Å². The maximum Gasteiger partial charge on any atom is 0.310 e. The Labute approximate surface area is 60.7 Å². The lowest BCUT2D eigenvalue weighted by atomic mass is 10.1. The van der Waals surface area contributed by atoms with Crippen LogP contribution in [0.2, 0.25) is 0 Å². The van der Waals surface area contributed by atoms with Crippen LogP contribution in [0.5, 0.6) is 0 Å². The maximum absolute atomic E-state index is 11.0. The van der Waals surface area contributed by atoms with Crippen molar-refractivity contribution < 1.29 is 9.53 Å². The molecule has 1 rings (SSSR count). The van der Waals surface area contributed by atoms with Gasteiger partial charge in [-0.05, 0) is 19.9 Å². The highest BCUT2D eigenvalue weighted by Gasteiger charge is 2.22. The van der Waals surface area contributed by atoms with Gasteiger partial charge in [-0.3, -0.25) is 4.79 Å². The van der Waals surface area contributed by atoms with Crippen molar-refractivity contribution in [1.82, 2.24) is 5.32 Å². The predicted molar refractivity (Wildman–Crippen MR) is 37.6 cm³/mol. The minimum Gasteiger partial charge on any atom is -0.466 e. The molecule has 3 heteroatoms. The number of carbonyl (C=O) groups excluding carboxylic acids is 1. The third kappa shape index (κ3) is 1.70. The van der Waals surface area contributed by atoms with Gasteiger partial charge in [-0.2, -0.15) is 0 Å². The summed E-state index contributed by atoms with van der Waals surface area (Å²) in [5.74, 6) is 0.0625. The Morgan fingerprint density at radius 1 is 1.80 bits per heavy atom. The molecule has 0 bridgehead atoms. The van der Waals surface area contributed by atoms with Gasteiger partial charge in [0, 0.05) is 6.54 Å². The Balaban J connectivity index is 2.25. The van der Waals surface area contributed by atoms with Crippen molar-refractivity contribution in [3.8, 4) is 0 Å². The first-order chi connectivity index (χ1) is 4.84. The van der Waals surface area contributed by atoms with Crippen LogP contribution >= 0.6 is 0 Å². The topological polar surface area (TPSA) is 38.3 Å². The van der Waals surface area contributed by atoms with Gasteiger partial charge in [-0.25, -0.2) is 0 Å². The maximum atomic E-state index is 11.0. The molecule has 1 saturated heterocycles. The zero-order valence-electron chi connectivity index (χ0n) is 6.22. The van der Waals surface area contributed by atoms with Crippen LogP contribution in [0.4, 0.5) is 0 Å². The first-order valence-corrected chi connectivity index (χ1v) is 3.72. The van der Waals surface area contributed by atoms with Gasteiger partial charge in [0.1, 0.15) is 0 Å². The first-order valence-electron chi connectivity index (χ1n) is 3.72. The van der Waals surface area contributed by atoms with E-state index >= 15 is 0 Å². The number of hydrogen-bond donors (Lipinski definition) is 1. The van der Waals surface area contributed by atoms with E-state index in [0.717, 1.165) is 19.5 Å². The molecule has 1 aliphatic heterocycles. The summed E-state index contributed by atoms with van der Waals surface area (Å²) in [4.78, 5) is 11.0. The van der Waals surface area contributed by atoms with Gasteiger partial charge >= 0.3 is 5.97 Å². The molecule has 0 spiro atoms. The monoisotopic (exact) mass is 143 g/mol. The average molecular weight is 143 g/mol. The highest BCUT2D eigenvalue weighted by Crippen LogP contribution is 2.08. The van der Waals surface area contributed by atoms with Crippen molar-refractivity contribution in [3.63, 3.8) is 0 Å². The SMILES string of the molecule is CCOC(=O)C1CCNC1. The van der Waals surface area contributed by atoms with Crippen LogP contribution in [-0.2, 0) is 9.53 Å². The van der Waals surface area contributed by atoms with Crippen molar-refractivity contribution in [2.24, 2.45) is 5.92 Å². The predicted octanol–water partition coefficient (Wildman–Crippen LogP) is 0.159. The summed E-state index contributed by atoms with van der Waals surface area (Å²) in [7, 11) is 0. The Morgan fingerprint density at radius 2 is 2.60 bits per heavy atom. The lowest BCUT2D eigenvalue weighted by molar-refractivity contribution is -0.147. The fourth-order valence-corrected chi connectivity index (χ4v) is 1.12. The Hall–Kier alpha value is -0.570. The van der Waals surface area contributed by atoms with Gasteiger partial charge in [-0.15, -0.1) is 0 Å². The number of esters is 1. The lowest BCUT2D eigenvalue weighted by Crippen LogP contribution is -2.19. The number of ether oxygens (including phenoxy) is 1. The summed E-state index contributed by atoms with van der Waals surface area (Å²) in [5, 5.41) is 3.11. The molecule has 1 atom stereocenters. The fraction of sp³-hybridized carbons (Fsp3) is 0.857. The Kier molecular flexibility index (Phi) is 2.68. The minimum atomic E-state index is -0.0486. The second-order valence-electron chi connectivity index (χ2n) is 2.44. The summed E-state index contributed by atoms with van der Waals surface area (Å²) >= 11 is 0. The number of nitrogens with one attached hydrogen (secondary N) is 1. The highest BCUT2D eigenvalue weighted by atomic mass is 16.5. The van der Waals surface area contributed by atoms with Crippen LogP contribution in [0.3, 0.4) is 0 Å². The summed E-state index contributed by atoms with van der Waals surface area (Å²) in [5.41, 5.74) is 0. The molecule has 1 heterocycles. The van der Waals surface area contributed by atoms with Crippen molar-refractivity contribution >= 4 is 5.97 Å². The summed E-state index contributed by atoms with van der Waals surface area (Å²) in [6.07, 6.45) is 0.929. The Bertz CT molecular complexity index is 119. The molecule has 0 amide bonds. The van der Waals surface area contributed by atoms with Crippen molar-refractivity contribution in [2.75, 3.05) is 19.7 Å². The molecular weight excluding hydrogens is 130 g/mol. The standard InChI is InChI=1S/C7H13NO2/c1-2-10-7(9)6-3-4-8-5-6/h6,8H,2-5H2,1H3. The molecule has 0 saturated carbocycles. The van der Waals surface area contributed by atoms with Crippen LogP contribution in [0, 0.1) is 5.92 Å². The molecule has 10 heavy (non-hydrogen) atoms. The summed E-state index contributed by atoms with van der Waals surface area (Å²) in [6.45, 7) is 4.07. The van der Waals surface area contributed by atoms with Crippen LogP contribution in [0.25, 0.3) is 0 Å². The molecule has 1 N–H and O–H groups in total. The number of carbonyl (C=O) groups is 1. The van der Waals surface area contributed by atoms with E-state index in [1.165, 1.54) is 0 Å². The molecule has 1 unspecified atom stereocenters. The zero-order chi connectivity index (χ0) is 7.40. The molecule has 0 aromatic heterocycles. The third-order valence-electron chi connectivity index (χ3n) is 1.68. The molecule has 0 aromatic carbocycles. The smallest absolute Gasteiger partial charge is 0.310 e. The molecule has 1 fully saturated rings. The van der Waals surface area contributed by atoms with Crippen LogP contribution in [0.15, 0.2) is 0 Å². The lowest BCUT2D eigenvalue weighted by Gasteiger charge is -2.05. The third-order valence-corrected chi connectivity index (χ3v) is 1.68. The van der Waals surface area contributed by atoms with E-state index in [-0.39, 0.29) is 11.9 Å². The minimum absolute atomic E-state index is 0.0486. The van der Waals surface area contributed by atoms with E-state index in [0.29, 0.717) is 6.61 Å². The average Bonchev–Trinajstić information content (AvgIpc) is 2.38. The van der Waals surface area contributed by atoms with E-state index < -0.39 is 0 Å². The number of rotatable bonds is 2. The number of hydrogen-bond acceptors (Lipinski definition) is 3. The van der Waals surface area contributed by atoms with Gasteiger partial charge in [0.05, 0.1) is 12.5 Å². The second-order valence-corrected chi connectivity index (χ2v) is 2.44. The molecule has 0 aliphatic carbocycles. The Morgan fingerprint density at radius 3 is 3.10 bits per heavy atom.